The number of H-pyrrole nitrogens is 1. The van der Waals surface area contributed by atoms with Crippen LogP contribution in [0.15, 0.2) is 35.4 Å². The normalized spacial score (nSPS) is 10.1. The van der Waals surface area contributed by atoms with Gasteiger partial charge in [0.2, 0.25) is 0 Å². The molecule has 0 bridgehead atoms. The largest absolute Gasteiger partial charge is 0.399 e. The lowest BCUT2D eigenvalue weighted by Crippen LogP contribution is -2.09. The molecule has 82 valence electrons. The van der Waals surface area contributed by atoms with Gasteiger partial charge in [0.05, 0.1) is 6.33 Å². The highest BCUT2D eigenvalue weighted by molar-refractivity contribution is 6.32. The first kappa shape index (κ1) is 10.5. The van der Waals surface area contributed by atoms with Gasteiger partial charge in [-0.25, -0.2) is 4.98 Å². The lowest BCUT2D eigenvalue weighted by atomic mass is 10.3. The van der Waals surface area contributed by atoms with Gasteiger partial charge in [-0.1, -0.05) is 17.7 Å². The molecule has 0 saturated heterocycles. The number of hydrogen-bond acceptors (Lipinski definition) is 4. The number of nitrogens with zero attached hydrogens (tertiary/aromatic N) is 1. The van der Waals surface area contributed by atoms with Crippen LogP contribution in [0.3, 0.4) is 0 Å². The van der Waals surface area contributed by atoms with Crippen molar-refractivity contribution in [1.29, 1.82) is 0 Å². The Morgan fingerprint density at radius 2 is 2.25 bits per heavy atom. The summed E-state index contributed by atoms with van der Waals surface area (Å²) in [5, 5.41) is 2.93. The Balaban J connectivity index is 2.34. The topological polar surface area (TPSA) is 83.8 Å². The number of halogens is 1. The molecule has 0 aliphatic carbocycles. The molecule has 0 saturated carbocycles. The van der Waals surface area contributed by atoms with Crippen molar-refractivity contribution in [3.8, 4) is 0 Å². The monoisotopic (exact) mass is 236 g/mol. The summed E-state index contributed by atoms with van der Waals surface area (Å²) in [6.07, 6.45) is 1.28. The summed E-state index contributed by atoms with van der Waals surface area (Å²) in [6.45, 7) is 0. The number of aromatic amines is 1. The predicted molar refractivity (Wildman–Crippen MR) is 64.0 cm³/mol. The van der Waals surface area contributed by atoms with Crippen molar-refractivity contribution < 1.29 is 0 Å². The van der Waals surface area contributed by atoms with Crippen LogP contribution >= 0.6 is 11.6 Å². The summed E-state index contributed by atoms with van der Waals surface area (Å²) >= 11 is 5.78. The maximum Gasteiger partial charge on any atom is 0.271 e. The zero-order valence-corrected chi connectivity index (χ0v) is 8.95. The fourth-order valence-electron chi connectivity index (χ4n) is 1.22. The molecule has 5 nitrogen and oxygen atoms in total. The summed E-state index contributed by atoms with van der Waals surface area (Å²) in [5.41, 5.74) is 6.57. The van der Waals surface area contributed by atoms with Crippen LogP contribution in [0.1, 0.15) is 0 Å². The first-order chi connectivity index (χ1) is 7.66. The smallest absolute Gasteiger partial charge is 0.271 e. The molecule has 1 aromatic heterocycles. The second kappa shape index (κ2) is 4.24. The summed E-state index contributed by atoms with van der Waals surface area (Å²) in [6, 6.07) is 7.07. The van der Waals surface area contributed by atoms with E-state index in [4.69, 9.17) is 17.3 Å². The Bertz CT molecular complexity index is 567. The molecule has 6 heteroatoms. The lowest BCUT2D eigenvalue weighted by molar-refractivity contribution is 1.12. The number of rotatable bonds is 2. The van der Waals surface area contributed by atoms with E-state index < -0.39 is 0 Å². The molecule has 1 heterocycles. The minimum Gasteiger partial charge on any atom is -0.399 e. The number of nitrogens with one attached hydrogen (secondary N) is 2. The van der Waals surface area contributed by atoms with Crippen molar-refractivity contribution in [1.82, 2.24) is 9.97 Å². The SMILES string of the molecule is Nc1cccc(Nc2nc[nH]c(=O)c2Cl)c1. The average Bonchev–Trinajstić information content (AvgIpc) is 2.25. The first-order valence-electron chi connectivity index (χ1n) is 4.52. The van der Waals surface area contributed by atoms with E-state index in [1.807, 2.05) is 0 Å². The van der Waals surface area contributed by atoms with Gasteiger partial charge in [0.25, 0.3) is 5.56 Å². The van der Waals surface area contributed by atoms with Gasteiger partial charge in [-0.05, 0) is 18.2 Å². The highest BCUT2D eigenvalue weighted by Crippen LogP contribution is 2.20. The van der Waals surface area contributed by atoms with Crippen molar-refractivity contribution >= 4 is 28.8 Å². The van der Waals surface area contributed by atoms with Crippen LogP contribution in [0.5, 0.6) is 0 Å². The Hall–Kier alpha value is -2.01. The van der Waals surface area contributed by atoms with E-state index in [-0.39, 0.29) is 10.6 Å². The average molecular weight is 237 g/mol. The van der Waals surface area contributed by atoms with E-state index >= 15 is 0 Å². The zero-order chi connectivity index (χ0) is 11.5. The van der Waals surface area contributed by atoms with Crippen LogP contribution in [0.25, 0.3) is 0 Å². The van der Waals surface area contributed by atoms with Gasteiger partial charge in [-0.15, -0.1) is 0 Å². The molecule has 0 radical (unpaired) electrons. The molecule has 1 aromatic carbocycles. The van der Waals surface area contributed by atoms with E-state index in [9.17, 15) is 4.79 Å². The van der Waals surface area contributed by atoms with Crippen LogP contribution in [0.4, 0.5) is 17.2 Å². The molecular formula is C10H9ClN4O. The molecule has 0 amide bonds. The molecule has 0 spiro atoms. The molecular weight excluding hydrogens is 228 g/mol. The molecule has 0 fully saturated rings. The van der Waals surface area contributed by atoms with Gasteiger partial charge in [0.1, 0.15) is 5.02 Å². The zero-order valence-electron chi connectivity index (χ0n) is 8.20. The third kappa shape index (κ3) is 2.14. The van der Waals surface area contributed by atoms with Crippen LogP contribution in [-0.2, 0) is 0 Å². The van der Waals surface area contributed by atoms with Gasteiger partial charge >= 0.3 is 0 Å². The van der Waals surface area contributed by atoms with E-state index in [2.05, 4.69) is 15.3 Å². The quantitative estimate of drug-likeness (QED) is 0.694. The lowest BCUT2D eigenvalue weighted by Gasteiger charge is -2.06. The summed E-state index contributed by atoms with van der Waals surface area (Å²) < 4.78 is 0. The van der Waals surface area contributed by atoms with Crippen molar-refractivity contribution in [3.05, 3.63) is 46.0 Å². The van der Waals surface area contributed by atoms with E-state index in [0.717, 1.165) is 5.69 Å². The number of nitrogens with two attached hydrogens (primary N) is 1. The molecule has 0 aliphatic rings. The fraction of sp³-hybridized carbons (Fsp3) is 0. The molecule has 0 aliphatic heterocycles. The molecule has 4 N–H and O–H groups in total. The number of hydrogen-bond donors (Lipinski definition) is 3. The molecule has 0 unspecified atom stereocenters. The molecule has 2 aromatic rings. The van der Waals surface area contributed by atoms with Crippen LogP contribution < -0.4 is 16.6 Å². The second-order valence-electron chi connectivity index (χ2n) is 3.14. The van der Waals surface area contributed by atoms with Gasteiger partial charge in [0, 0.05) is 11.4 Å². The number of nitrogen functional groups attached to an aromatic ring is 1. The fourth-order valence-corrected chi connectivity index (χ4v) is 1.37. The molecule has 0 atom stereocenters. The molecule has 16 heavy (non-hydrogen) atoms. The minimum atomic E-state index is -0.386. The Morgan fingerprint density at radius 3 is 3.00 bits per heavy atom. The third-order valence-electron chi connectivity index (χ3n) is 1.95. The van der Waals surface area contributed by atoms with Crippen molar-refractivity contribution in [3.63, 3.8) is 0 Å². The highest BCUT2D eigenvalue weighted by atomic mass is 35.5. The maximum absolute atomic E-state index is 11.2. The highest BCUT2D eigenvalue weighted by Gasteiger charge is 2.05. The van der Waals surface area contributed by atoms with E-state index in [1.54, 1.807) is 24.3 Å². The third-order valence-corrected chi connectivity index (χ3v) is 2.30. The van der Waals surface area contributed by atoms with Crippen molar-refractivity contribution in [2.75, 3.05) is 11.1 Å². The van der Waals surface area contributed by atoms with E-state index in [0.29, 0.717) is 11.5 Å². The Labute approximate surface area is 96.3 Å². The van der Waals surface area contributed by atoms with Gasteiger partial charge < -0.3 is 16.0 Å². The molecule has 2 rings (SSSR count). The van der Waals surface area contributed by atoms with Crippen molar-refractivity contribution in [2.24, 2.45) is 0 Å². The summed E-state index contributed by atoms with van der Waals surface area (Å²) in [4.78, 5) is 17.5. The van der Waals surface area contributed by atoms with Crippen LogP contribution in [0, 0.1) is 0 Å². The van der Waals surface area contributed by atoms with Crippen LogP contribution in [-0.4, -0.2) is 9.97 Å². The Kier molecular flexibility index (Phi) is 2.78. The van der Waals surface area contributed by atoms with E-state index in [1.165, 1.54) is 6.33 Å². The van der Waals surface area contributed by atoms with Gasteiger partial charge in [0.15, 0.2) is 5.82 Å². The standard InChI is InChI=1S/C10H9ClN4O/c11-8-9(13-5-14-10(8)16)15-7-3-1-2-6(12)4-7/h1-5H,12H2,(H2,13,14,15,16). The predicted octanol–water partition coefficient (Wildman–Crippen LogP) is 1.75. The minimum absolute atomic E-state index is 0.0184. The van der Waals surface area contributed by atoms with Crippen LogP contribution in [0.2, 0.25) is 5.02 Å². The number of aromatic nitrogens is 2. The number of anilines is 3. The van der Waals surface area contributed by atoms with Gasteiger partial charge in [-0.3, -0.25) is 4.79 Å². The second-order valence-corrected chi connectivity index (χ2v) is 3.52. The summed E-state index contributed by atoms with van der Waals surface area (Å²) in [7, 11) is 0. The van der Waals surface area contributed by atoms with Crippen molar-refractivity contribution in [2.45, 2.75) is 0 Å². The van der Waals surface area contributed by atoms with Gasteiger partial charge in [-0.2, -0.15) is 0 Å². The maximum atomic E-state index is 11.2. The number of benzene rings is 1. The first-order valence-corrected chi connectivity index (χ1v) is 4.90. The Morgan fingerprint density at radius 1 is 1.44 bits per heavy atom. The summed E-state index contributed by atoms with van der Waals surface area (Å²) in [5.74, 6) is 0.302.